The van der Waals surface area contributed by atoms with Gasteiger partial charge in [0.15, 0.2) is 17.4 Å². The summed E-state index contributed by atoms with van der Waals surface area (Å²) in [4.78, 5) is 42.6. The molecule has 4 aromatic rings. The first-order valence-electron chi connectivity index (χ1n) is 16.4. The Morgan fingerprint density at radius 1 is 1.06 bits per heavy atom. The largest absolute Gasteiger partial charge is 0.398 e. The molecule has 1 aliphatic carbocycles. The fraction of sp³-hybridized carbons (Fsp3) is 0.389. The number of nitrogens with one attached hydrogen (secondary N) is 2. The molecule has 0 radical (unpaired) electrons. The Labute approximate surface area is 283 Å². The van der Waals surface area contributed by atoms with Crippen molar-refractivity contribution in [1.29, 1.82) is 5.41 Å². The Balaban J connectivity index is 1.04. The highest BCUT2D eigenvalue weighted by Gasteiger charge is 2.51. The molecule has 248 valence electrons. The van der Waals surface area contributed by atoms with Gasteiger partial charge in [0.05, 0.1) is 35.7 Å². The third-order valence-electron chi connectivity index (χ3n) is 9.80. The summed E-state index contributed by atoms with van der Waals surface area (Å²) in [5.74, 6) is 1.20. The van der Waals surface area contributed by atoms with E-state index < -0.39 is 5.60 Å². The van der Waals surface area contributed by atoms with Gasteiger partial charge < -0.3 is 30.8 Å². The van der Waals surface area contributed by atoms with Gasteiger partial charge >= 0.3 is 0 Å². The Bertz CT molecular complexity index is 1840. The van der Waals surface area contributed by atoms with E-state index in [4.69, 9.17) is 30.6 Å². The van der Waals surface area contributed by atoms with Crippen molar-refractivity contribution in [3.05, 3.63) is 70.9 Å². The fourth-order valence-corrected chi connectivity index (χ4v) is 8.16. The topological polar surface area (TPSA) is 156 Å². The van der Waals surface area contributed by atoms with Crippen LogP contribution in [0.4, 0.5) is 11.5 Å². The summed E-state index contributed by atoms with van der Waals surface area (Å²) in [5.41, 5.74) is 9.13. The van der Waals surface area contributed by atoms with E-state index >= 15 is 0 Å². The number of ether oxygens (including phenoxy) is 2. The number of nitrogens with zero attached hydrogens (tertiary/aromatic N) is 4. The second kappa shape index (κ2) is 13.5. The molecular weight excluding hydrogens is 627 g/mol. The summed E-state index contributed by atoms with van der Waals surface area (Å²) in [6.45, 7) is 3.84. The molecule has 6 heterocycles. The van der Waals surface area contributed by atoms with Gasteiger partial charge in [0.25, 0.3) is 0 Å². The lowest BCUT2D eigenvalue weighted by molar-refractivity contribution is -0.186. The summed E-state index contributed by atoms with van der Waals surface area (Å²) < 4.78 is 13.4. The molecule has 0 atom stereocenters. The van der Waals surface area contributed by atoms with Crippen LogP contribution in [0, 0.1) is 10.8 Å². The minimum Gasteiger partial charge on any atom is -0.398 e. The fourth-order valence-electron chi connectivity index (χ4n) is 6.85. The zero-order valence-electron chi connectivity index (χ0n) is 26.7. The molecule has 2 bridgehead atoms. The number of anilines is 2. The smallest absolute Gasteiger partial charge is 0.220 e. The Morgan fingerprint density at radius 2 is 1.90 bits per heavy atom. The second-order valence-corrected chi connectivity index (χ2v) is 13.9. The normalized spacial score (nSPS) is 22.3. The minimum absolute atomic E-state index is 0.0996. The number of nitrogen functional groups attached to an aromatic ring is 1. The van der Waals surface area contributed by atoms with Gasteiger partial charge in [-0.1, -0.05) is 18.2 Å². The SMILES string of the molecule is N=Cc1c(N)cccc1-c1nc(N2CCOCC2)c2sc(C34CCC(CNC(=O)CCC(=O)/C=C/c5ccccn5)(CC3)CO4)cc2n1. The van der Waals surface area contributed by atoms with Gasteiger partial charge in [0, 0.05) is 72.0 Å². The third kappa shape index (κ3) is 6.47. The number of morpholine rings is 1. The van der Waals surface area contributed by atoms with Crippen LogP contribution in [-0.4, -0.2) is 72.3 Å². The number of fused-ring (bicyclic) bond motifs is 4. The summed E-state index contributed by atoms with van der Waals surface area (Å²) in [6, 6.07) is 13.2. The molecule has 3 saturated heterocycles. The van der Waals surface area contributed by atoms with Crippen LogP contribution < -0.4 is 16.0 Å². The zero-order valence-corrected chi connectivity index (χ0v) is 27.6. The standard InChI is InChI=1S/C36H39N7O4S/c37-21-27-26(5-3-6-28(27)38)33-41-29-20-30(48-32(29)34(42-33)43-16-18-46-19-17-43)36-13-11-35(12-14-36,23-47-36)22-40-31(45)10-9-25(44)8-7-24-4-1-2-15-39-24/h1-8,15,20-21,37H,9-14,16-19,22-23,38H2,(H,40,45)/b8-7+,37-21?. The first-order valence-corrected chi connectivity index (χ1v) is 17.3. The second-order valence-electron chi connectivity index (χ2n) is 12.9. The molecule has 1 amide bonds. The average molecular weight is 666 g/mol. The molecule has 0 unspecified atom stereocenters. The van der Waals surface area contributed by atoms with E-state index in [2.05, 4.69) is 21.3 Å². The van der Waals surface area contributed by atoms with Crippen molar-refractivity contribution in [2.75, 3.05) is 50.1 Å². The van der Waals surface area contributed by atoms with E-state index in [1.165, 1.54) is 12.3 Å². The van der Waals surface area contributed by atoms with E-state index in [0.29, 0.717) is 49.1 Å². The lowest BCUT2D eigenvalue weighted by atomic mass is 9.65. The molecule has 1 aromatic carbocycles. The number of pyridine rings is 1. The number of allylic oxidation sites excluding steroid dienone is 1. The van der Waals surface area contributed by atoms with Crippen LogP contribution in [0.3, 0.4) is 0 Å². The van der Waals surface area contributed by atoms with E-state index in [9.17, 15) is 9.59 Å². The number of aromatic nitrogens is 3. The van der Waals surface area contributed by atoms with Gasteiger partial charge in [-0.3, -0.25) is 14.6 Å². The van der Waals surface area contributed by atoms with Crippen LogP contribution in [0.25, 0.3) is 27.7 Å². The number of carbonyl (C=O) groups is 2. The van der Waals surface area contributed by atoms with Crippen molar-refractivity contribution in [3.63, 3.8) is 0 Å². The number of amides is 1. The first kappa shape index (κ1) is 32.0. The molecule has 4 aliphatic rings. The van der Waals surface area contributed by atoms with E-state index in [-0.39, 0.29) is 29.9 Å². The molecule has 4 N–H and O–H groups in total. The molecule has 4 fully saturated rings. The van der Waals surface area contributed by atoms with Crippen LogP contribution in [-0.2, 0) is 24.7 Å². The van der Waals surface area contributed by atoms with Crippen molar-refractivity contribution in [3.8, 4) is 11.4 Å². The van der Waals surface area contributed by atoms with Crippen molar-refractivity contribution in [2.24, 2.45) is 5.41 Å². The molecule has 3 aromatic heterocycles. The van der Waals surface area contributed by atoms with Gasteiger partial charge in [-0.15, -0.1) is 11.3 Å². The molecule has 12 heteroatoms. The van der Waals surface area contributed by atoms with Crippen LogP contribution in [0.5, 0.6) is 0 Å². The van der Waals surface area contributed by atoms with Crippen molar-refractivity contribution < 1.29 is 19.1 Å². The van der Waals surface area contributed by atoms with E-state index in [1.807, 2.05) is 30.3 Å². The summed E-state index contributed by atoms with van der Waals surface area (Å²) in [6.07, 6.45) is 9.99. The van der Waals surface area contributed by atoms with Crippen LogP contribution in [0.2, 0.25) is 0 Å². The zero-order chi connectivity index (χ0) is 33.1. The van der Waals surface area contributed by atoms with Crippen LogP contribution in [0.1, 0.15) is 54.7 Å². The highest BCUT2D eigenvalue weighted by molar-refractivity contribution is 7.19. The summed E-state index contributed by atoms with van der Waals surface area (Å²) in [7, 11) is 0. The Kier molecular flexibility index (Phi) is 9.04. The average Bonchev–Trinajstić information content (AvgIpc) is 3.59. The minimum atomic E-state index is -0.400. The molecule has 0 spiro atoms. The maximum absolute atomic E-state index is 12.7. The lowest BCUT2D eigenvalue weighted by Gasteiger charge is -2.52. The quantitative estimate of drug-likeness (QED) is 0.112. The van der Waals surface area contributed by atoms with Crippen molar-refractivity contribution in [2.45, 2.75) is 44.1 Å². The molecule has 48 heavy (non-hydrogen) atoms. The van der Waals surface area contributed by atoms with Crippen molar-refractivity contribution >= 4 is 57.0 Å². The number of hydrogen-bond donors (Lipinski definition) is 3. The summed E-state index contributed by atoms with van der Waals surface area (Å²) >= 11 is 1.70. The van der Waals surface area contributed by atoms with Crippen LogP contribution >= 0.6 is 11.3 Å². The number of hydrogen-bond acceptors (Lipinski definition) is 11. The molecule has 3 aliphatic heterocycles. The van der Waals surface area contributed by atoms with Crippen molar-refractivity contribution in [1.82, 2.24) is 20.3 Å². The number of rotatable bonds is 11. The highest BCUT2D eigenvalue weighted by Crippen LogP contribution is 2.55. The van der Waals surface area contributed by atoms with Gasteiger partial charge in [-0.05, 0) is 62.1 Å². The highest BCUT2D eigenvalue weighted by atomic mass is 32.1. The predicted octanol–water partition coefficient (Wildman–Crippen LogP) is 5.13. The molecule has 1 saturated carbocycles. The maximum Gasteiger partial charge on any atom is 0.220 e. The Morgan fingerprint density at radius 3 is 2.62 bits per heavy atom. The van der Waals surface area contributed by atoms with E-state index in [1.54, 1.807) is 29.7 Å². The number of nitrogens with two attached hydrogens (primary N) is 1. The maximum atomic E-state index is 12.7. The molecular formula is C36H39N7O4S. The number of ketones is 1. The molecule has 8 rings (SSSR count). The van der Waals surface area contributed by atoms with Gasteiger partial charge in [-0.25, -0.2) is 9.97 Å². The first-order chi connectivity index (χ1) is 23.4. The predicted molar refractivity (Wildman–Crippen MR) is 187 cm³/mol. The number of thiophene rings is 1. The van der Waals surface area contributed by atoms with Gasteiger partial charge in [0.2, 0.25) is 5.91 Å². The Hall–Kier alpha value is -4.52. The molecule has 11 nitrogen and oxygen atoms in total. The number of carbonyl (C=O) groups excluding carboxylic acids is 2. The van der Waals surface area contributed by atoms with Gasteiger partial charge in [0.1, 0.15) is 5.60 Å². The van der Waals surface area contributed by atoms with Crippen LogP contribution in [0.15, 0.2) is 54.7 Å². The van der Waals surface area contributed by atoms with E-state index in [0.717, 1.165) is 65.2 Å². The third-order valence-corrected chi connectivity index (χ3v) is 11.1. The lowest BCUT2D eigenvalue weighted by Crippen LogP contribution is -2.53. The monoisotopic (exact) mass is 665 g/mol. The number of benzene rings is 1. The summed E-state index contributed by atoms with van der Waals surface area (Å²) in [5, 5.41) is 11.1. The van der Waals surface area contributed by atoms with Gasteiger partial charge in [-0.2, -0.15) is 0 Å².